The van der Waals surface area contributed by atoms with E-state index in [1.165, 1.54) is 28.1 Å². The van der Waals surface area contributed by atoms with Gasteiger partial charge in [0.15, 0.2) is 0 Å². The largest absolute Gasteiger partial charge is 0.508 e. The molecule has 198 valence electrons. The lowest BCUT2D eigenvalue weighted by atomic mass is 10.0. The number of carbonyl (C=O) groups is 2. The van der Waals surface area contributed by atoms with Gasteiger partial charge in [-0.25, -0.2) is 0 Å². The molecule has 0 aliphatic heterocycles. The summed E-state index contributed by atoms with van der Waals surface area (Å²) in [6.07, 6.45) is 2.31. The van der Waals surface area contributed by atoms with Gasteiger partial charge >= 0.3 is 0 Å². The van der Waals surface area contributed by atoms with Crippen LogP contribution in [0, 0.1) is 12.8 Å². The Bertz CT molecular complexity index is 1330. The van der Waals surface area contributed by atoms with Crippen LogP contribution in [-0.2, 0) is 22.7 Å². The molecule has 2 aromatic carbocycles. The molecule has 2 aromatic heterocycles. The van der Waals surface area contributed by atoms with Gasteiger partial charge in [-0.3, -0.25) is 9.59 Å². The summed E-state index contributed by atoms with van der Waals surface area (Å²) < 4.78 is 5.52. The van der Waals surface area contributed by atoms with E-state index in [-0.39, 0.29) is 24.7 Å². The van der Waals surface area contributed by atoms with Crippen LogP contribution in [0.1, 0.15) is 43.2 Å². The lowest BCUT2D eigenvalue weighted by Gasteiger charge is -2.30. The second kappa shape index (κ2) is 12.2. The van der Waals surface area contributed by atoms with E-state index in [0.717, 1.165) is 17.5 Å². The maximum Gasteiger partial charge on any atom is 0.247 e. The highest BCUT2D eigenvalue weighted by Gasteiger charge is 2.32. The second-order valence-corrected chi connectivity index (χ2v) is 9.58. The molecule has 0 fully saturated rings. The number of nitrogens with zero attached hydrogens (tertiary/aromatic N) is 5. The highest BCUT2D eigenvalue weighted by molar-refractivity contribution is 5.88. The third kappa shape index (κ3) is 6.84. The molecule has 0 spiro atoms. The first-order valence-electron chi connectivity index (χ1n) is 12.5. The molecule has 2 heterocycles. The van der Waals surface area contributed by atoms with Crippen LogP contribution in [0.25, 0.3) is 11.4 Å². The standard InChI is InChI=1S/C28H32N6O4/c1-19(2)14-15-29-28(37)26(21-10-12-23(35)13-11-21)33(17-24-5-4-16-38-24)25(36)18-34-31-27(30-32-34)22-8-6-20(3)7-9-22/h4-13,16,19,26,35H,14-15,17-18H2,1-3H3,(H,29,37)/t26-/m1/s1. The molecule has 1 atom stereocenters. The Kier molecular flexibility index (Phi) is 8.52. The van der Waals surface area contributed by atoms with Crippen molar-refractivity contribution in [3.8, 4) is 17.1 Å². The lowest BCUT2D eigenvalue weighted by Crippen LogP contribution is -2.45. The molecule has 0 bridgehead atoms. The van der Waals surface area contributed by atoms with E-state index < -0.39 is 11.9 Å². The van der Waals surface area contributed by atoms with Crippen molar-refractivity contribution >= 4 is 11.8 Å². The third-order valence-electron chi connectivity index (χ3n) is 6.06. The Labute approximate surface area is 221 Å². The fraction of sp³-hybridized carbons (Fsp3) is 0.321. The number of phenols is 1. The maximum absolute atomic E-state index is 13.7. The summed E-state index contributed by atoms with van der Waals surface area (Å²) in [5.41, 5.74) is 2.45. The number of benzene rings is 2. The molecule has 4 aromatic rings. The summed E-state index contributed by atoms with van der Waals surface area (Å²) in [6.45, 7) is 6.43. The molecule has 2 N–H and O–H groups in total. The van der Waals surface area contributed by atoms with E-state index in [9.17, 15) is 14.7 Å². The molecule has 0 saturated carbocycles. The number of amides is 2. The van der Waals surface area contributed by atoms with Crippen molar-refractivity contribution in [1.82, 2.24) is 30.4 Å². The minimum absolute atomic E-state index is 0.0501. The topological polar surface area (TPSA) is 126 Å². The number of phenolic OH excluding ortho intramolecular Hbond substituents is 1. The predicted octanol–water partition coefficient (Wildman–Crippen LogP) is 3.88. The second-order valence-electron chi connectivity index (χ2n) is 9.58. The number of aromatic hydroxyl groups is 1. The summed E-state index contributed by atoms with van der Waals surface area (Å²) in [7, 11) is 0. The number of aromatic nitrogens is 4. The Morgan fingerprint density at radius 1 is 1.08 bits per heavy atom. The normalized spacial score (nSPS) is 11.9. The summed E-state index contributed by atoms with van der Waals surface area (Å²) in [5, 5.41) is 25.3. The van der Waals surface area contributed by atoms with Crippen molar-refractivity contribution in [3.05, 3.63) is 83.8 Å². The van der Waals surface area contributed by atoms with E-state index in [1.54, 1.807) is 24.3 Å². The SMILES string of the molecule is Cc1ccc(-c2nnn(CC(=O)N(Cc3ccco3)[C@@H](C(=O)NCCC(C)C)c3ccc(O)cc3)n2)cc1. The molecule has 0 radical (unpaired) electrons. The highest BCUT2D eigenvalue weighted by Crippen LogP contribution is 2.26. The predicted molar refractivity (Wildman–Crippen MR) is 141 cm³/mol. The van der Waals surface area contributed by atoms with Crippen molar-refractivity contribution < 1.29 is 19.1 Å². The molecule has 0 aliphatic carbocycles. The smallest absolute Gasteiger partial charge is 0.247 e. The van der Waals surface area contributed by atoms with Crippen molar-refractivity contribution in [2.75, 3.05) is 6.54 Å². The van der Waals surface area contributed by atoms with E-state index in [1.807, 2.05) is 31.2 Å². The van der Waals surface area contributed by atoms with Crippen LogP contribution in [0.2, 0.25) is 0 Å². The van der Waals surface area contributed by atoms with Gasteiger partial charge < -0.3 is 19.7 Å². The van der Waals surface area contributed by atoms with Crippen LogP contribution in [0.4, 0.5) is 0 Å². The first-order valence-corrected chi connectivity index (χ1v) is 12.5. The van der Waals surface area contributed by atoms with Crippen molar-refractivity contribution in [2.45, 2.75) is 46.3 Å². The number of rotatable bonds is 11. The quantitative estimate of drug-likeness (QED) is 0.310. The van der Waals surface area contributed by atoms with Crippen LogP contribution >= 0.6 is 0 Å². The number of tetrazole rings is 1. The first-order chi connectivity index (χ1) is 18.3. The van der Waals surface area contributed by atoms with E-state index in [2.05, 4.69) is 34.6 Å². The molecule has 2 amide bonds. The van der Waals surface area contributed by atoms with Crippen molar-refractivity contribution in [1.29, 1.82) is 0 Å². The van der Waals surface area contributed by atoms with Crippen LogP contribution in [0.3, 0.4) is 0 Å². The van der Waals surface area contributed by atoms with Crippen LogP contribution < -0.4 is 5.32 Å². The van der Waals surface area contributed by atoms with Gasteiger partial charge in [-0.1, -0.05) is 55.8 Å². The Morgan fingerprint density at radius 2 is 1.82 bits per heavy atom. The maximum atomic E-state index is 13.7. The fourth-order valence-corrected chi connectivity index (χ4v) is 3.94. The summed E-state index contributed by atoms with van der Waals surface area (Å²) in [6, 6.07) is 16.4. The molecule has 0 unspecified atom stereocenters. The lowest BCUT2D eigenvalue weighted by molar-refractivity contribution is -0.142. The van der Waals surface area contributed by atoms with Crippen molar-refractivity contribution in [3.63, 3.8) is 0 Å². The molecular formula is C28H32N6O4. The Hall–Kier alpha value is -4.47. The van der Waals surface area contributed by atoms with Gasteiger partial charge in [-0.15, -0.1) is 10.2 Å². The molecular weight excluding hydrogens is 484 g/mol. The zero-order valence-corrected chi connectivity index (χ0v) is 21.7. The van der Waals surface area contributed by atoms with Gasteiger partial charge in [0.2, 0.25) is 17.6 Å². The van der Waals surface area contributed by atoms with Gasteiger partial charge in [0.05, 0.1) is 12.8 Å². The van der Waals surface area contributed by atoms with Gasteiger partial charge in [0.1, 0.15) is 24.1 Å². The molecule has 10 nitrogen and oxygen atoms in total. The Morgan fingerprint density at radius 3 is 2.47 bits per heavy atom. The highest BCUT2D eigenvalue weighted by atomic mass is 16.3. The van der Waals surface area contributed by atoms with E-state index in [0.29, 0.717) is 29.6 Å². The summed E-state index contributed by atoms with van der Waals surface area (Å²) in [5.74, 6) is 0.659. The van der Waals surface area contributed by atoms with E-state index >= 15 is 0 Å². The van der Waals surface area contributed by atoms with Gasteiger partial charge in [-0.2, -0.15) is 4.80 Å². The summed E-state index contributed by atoms with van der Waals surface area (Å²) >= 11 is 0. The summed E-state index contributed by atoms with van der Waals surface area (Å²) in [4.78, 5) is 29.9. The van der Waals surface area contributed by atoms with E-state index in [4.69, 9.17) is 4.42 Å². The first kappa shape index (κ1) is 26.6. The number of carbonyl (C=O) groups excluding carboxylic acids is 2. The third-order valence-corrected chi connectivity index (χ3v) is 6.06. The fourth-order valence-electron chi connectivity index (χ4n) is 3.94. The average Bonchev–Trinajstić information content (AvgIpc) is 3.57. The molecule has 4 rings (SSSR count). The number of hydrogen-bond acceptors (Lipinski definition) is 7. The number of nitrogens with one attached hydrogen (secondary N) is 1. The van der Waals surface area contributed by atoms with Crippen LogP contribution in [0.15, 0.2) is 71.3 Å². The van der Waals surface area contributed by atoms with Crippen molar-refractivity contribution in [2.24, 2.45) is 5.92 Å². The molecule has 0 aliphatic rings. The van der Waals surface area contributed by atoms with Crippen LogP contribution in [0.5, 0.6) is 5.75 Å². The zero-order chi connectivity index (χ0) is 27.1. The minimum atomic E-state index is -0.972. The van der Waals surface area contributed by atoms with Gasteiger partial charge in [0.25, 0.3) is 0 Å². The molecule has 38 heavy (non-hydrogen) atoms. The van der Waals surface area contributed by atoms with Gasteiger partial charge in [-0.05, 0) is 54.3 Å². The number of aryl methyl sites for hydroxylation is 1. The minimum Gasteiger partial charge on any atom is -0.508 e. The Balaban J connectivity index is 1.62. The monoisotopic (exact) mass is 516 g/mol. The molecule has 0 saturated heterocycles. The number of furan rings is 1. The molecule has 10 heteroatoms. The van der Waals surface area contributed by atoms with Gasteiger partial charge in [0, 0.05) is 12.1 Å². The zero-order valence-electron chi connectivity index (χ0n) is 21.7. The average molecular weight is 517 g/mol. The number of hydrogen-bond donors (Lipinski definition) is 2. The van der Waals surface area contributed by atoms with Crippen LogP contribution in [-0.4, -0.2) is 48.6 Å².